The van der Waals surface area contributed by atoms with E-state index in [1.165, 1.54) is 6.20 Å². The van der Waals surface area contributed by atoms with Crippen molar-refractivity contribution >= 4 is 62.8 Å². The molecule has 1 aliphatic rings. The summed E-state index contributed by atoms with van der Waals surface area (Å²) < 4.78 is 1.99. The van der Waals surface area contributed by atoms with Gasteiger partial charge in [-0.15, -0.1) is 5.10 Å². The Balaban J connectivity index is 1.36. The summed E-state index contributed by atoms with van der Waals surface area (Å²) in [6.07, 6.45) is 5.49. The van der Waals surface area contributed by atoms with Gasteiger partial charge in [-0.05, 0) is 81.6 Å². The van der Waals surface area contributed by atoms with Crippen molar-refractivity contribution in [2.45, 2.75) is 51.2 Å². The molecule has 1 atom stereocenters. The molecule has 3 heterocycles. The first-order valence-corrected chi connectivity index (χ1v) is 16.3. The predicted molar refractivity (Wildman–Crippen MR) is 187 cm³/mol. The SMILES string of the molecule is CC(C)(C)N1CCC(n2cc(C(Nc3cc(Cl)c4ncc(C#N)c(Nc5ccc(C#N)c(Cl)c5)c4c3)c3ccc(Cl)cc3)nn2)CC1. The Labute approximate surface area is 288 Å². The van der Waals surface area contributed by atoms with Gasteiger partial charge in [0.05, 0.1) is 50.7 Å². The number of halogens is 3. The molecule has 47 heavy (non-hydrogen) atoms. The number of benzene rings is 3. The predicted octanol–water partition coefficient (Wildman–Crippen LogP) is 8.91. The van der Waals surface area contributed by atoms with Crippen LogP contribution in [0.4, 0.5) is 17.1 Å². The van der Waals surface area contributed by atoms with Crippen molar-refractivity contribution in [3.05, 3.63) is 104 Å². The molecular weight excluding hydrogens is 653 g/mol. The lowest BCUT2D eigenvalue weighted by Gasteiger charge is -2.40. The highest BCUT2D eigenvalue weighted by atomic mass is 35.5. The number of nitriles is 2. The number of rotatable bonds is 7. The van der Waals surface area contributed by atoms with Gasteiger partial charge in [0, 0.05) is 46.6 Å². The molecule has 1 aliphatic heterocycles. The van der Waals surface area contributed by atoms with Crippen LogP contribution in [-0.4, -0.2) is 43.5 Å². The minimum atomic E-state index is -0.384. The van der Waals surface area contributed by atoms with Gasteiger partial charge in [-0.1, -0.05) is 52.1 Å². The van der Waals surface area contributed by atoms with Crippen LogP contribution in [0.15, 0.2) is 67.0 Å². The van der Waals surface area contributed by atoms with Crippen LogP contribution in [0.25, 0.3) is 10.9 Å². The molecule has 0 spiro atoms. The second-order valence-electron chi connectivity index (χ2n) is 12.6. The minimum absolute atomic E-state index is 0.136. The van der Waals surface area contributed by atoms with Crippen LogP contribution in [0.3, 0.4) is 0 Å². The van der Waals surface area contributed by atoms with Crippen molar-refractivity contribution in [1.82, 2.24) is 24.9 Å². The molecule has 1 unspecified atom stereocenters. The topological polar surface area (TPSA) is 118 Å². The fraction of sp³-hybridized carbons (Fsp3) is 0.286. The molecule has 238 valence electrons. The molecule has 2 aromatic heterocycles. The molecule has 1 fully saturated rings. The van der Waals surface area contributed by atoms with E-state index in [1.807, 2.05) is 41.2 Å². The highest BCUT2D eigenvalue weighted by Gasteiger charge is 2.29. The summed E-state index contributed by atoms with van der Waals surface area (Å²) >= 11 is 19.4. The average molecular weight is 685 g/mol. The minimum Gasteiger partial charge on any atom is -0.373 e. The number of aromatic nitrogens is 4. The van der Waals surface area contributed by atoms with E-state index in [4.69, 9.17) is 34.8 Å². The summed E-state index contributed by atoms with van der Waals surface area (Å²) in [5.74, 6) is 0. The lowest BCUT2D eigenvalue weighted by Crippen LogP contribution is -2.46. The Bertz CT molecular complexity index is 2010. The Hall–Kier alpha value is -4.38. The van der Waals surface area contributed by atoms with Gasteiger partial charge >= 0.3 is 0 Å². The highest BCUT2D eigenvalue weighted by Crippen LogP contribution is 2.37. The molecule has 6 rings (SSSR count). The third-order valence-corrected chi connectivity index (χ3v) is 9.38. The number of hydrogen-bond acceptors (Lipinski definition) is 8. The molecule has 0 amide bonds. The maximum absolute atomic E-state index is 9.98. The van der Waals surface area contributed by atoms with E-state index in [1.54, 1.807) is 24.3 Å². The molecule has 9 nitrogen and oxygen atoms in total. The van der Waals surface area contributed by atoms with Crippen LogP contribution >= 0.6 is 34.8 Å². The van der Waals surface area contributed by atoms with E-state index in [0.717, 1.165) is 37.2 Å². The van der Waals surface area contributed by atoms with E-state index in [9.17, 15) is 10.5 Å². The normalized spacial score (nSPS) is 14.8. The van der Waals surface area contributed by atoms with Gasteiger partial charge in [0.1, 0.15) is 17.8 Å². The lowest BCUT2D eigenvalue weighted by atomic mass is 9.98. The Morgan fingerprint density at radius 2 is 1.60 bits per heavy atom. The summed E-state index contributed by atoms with van der Waals surface area (Å²) in [6, 6.07) is 20.5. The van der Waals surface area contributed by atoms with E-state index in [-0.39, 0.29) is 17.6 Å². The van der Waals surface area contributed by atoms with E-state index in [2.05, 4.69) is 63.7 Å². The van der Waals surface area contributed by atoms with Gasteiger partial charge in [0.2, 0.25) is 0 Å². The van der Waals surface area contributed by atoms with Gasteiger partial charge in [-0.2, -0.15) is 10.5 Å². The van der Waals surface area contributed by atoms with Crippen LogP contribution in [0.2, 0.25) is 15.1 Å². The van der Waals surface area contributed by atoms with Crippen molar-refractivity contribution in [2.24, 2.45) is 0 Å². The van der Waals surface area contributed by atoms with Crippen molar-refractivity contribution in [3.63, 3.8) is 0 Å². The molecule has 0 aliphatic carbocycles. The standard InChI is InChI=1S/C35H32Cl3N9/c1-35(2,3)46-12-10-27(11-13-46)47-20-31(44-45-47)33(21-4-7-24(36)8-5-21)43-26-14-28-32(23(18-40)19-41-34(28)30(38)16-26)42-25-9-6-22(17-39)29(37)15-25/h4-9,14-16,19-20,27,33,43H,10-13H2,1-3H3,(H,41,42). The smallest absolute Gasteiger partial charge is 0.109 e. The first-order chi connectivity index (χ1) is 22.5. The van der Waals surface area contributed by atoms with Crippen LogP contribution in [0.5, 0.6) is 0 Å². The number of pyridine rings is 1. The molecule has 0 bridgehead atoms. The second kappa shape index (κ2) is 13.4. The maximum Gasteiger partial charge on any atom is 0.109 e. The first kappa shape index (κ1) is 32.6. The lowest BCUT2D eigenvalue weighted by molar-refractivity contribution is 0.0866. The summed E-state index contributed by atoms with van der Waals surface area (Å²) in [5, 5.41) is 37.3. The third-order valence-electron chi connectivity index (χ3n) is 8.53. The quantitative estimate of drug-likeness (QED) is 0.175. The number of likely N-dealkylation sites (tertiary alicyclic amines) is 1. The van der Waals surface area contributed by atoms with Crippen molar-refractivity contribution < 1.29 is 0 Å². The molecule has 12 heteroatoms. The van der Waals surface area contributed by atoms with Gasteiger partial charge < -0.3 is 10.6 Å². The maximum atomic E-state index is 9.98. The number of anilines is 3. The zero-order valence-corrected chi connectivity index (χ0v) is 28.4. The summed E-state index contributed by atoms with van der Waals surface area (Å²) in [4.78, 5) is 6.99. The fourth-order valence-electron chi connectivity index (χ4n) is 5.94. The zero-order valence-electron chi connectivity index (χ0n) is 26.1. The third kappa shape index (κ3) is 7.00. The first-order valence-electron chi connectivity index (χ1n) is 15.2. The van der Waals surface area contributed by atoms with Crippen molar-refractivity contribution in [1.29, 1.82) is 10.5 Å². The van der Waals surface area contributed by atoms with Crippen LogP contribution in [-0.2, 0) is 0 Å². The van der Waals surface area contributed by atoms with Crippen LogP contribution in [0, 0.1) is 22.7 Å². The molecule has 0 radical (unpaired) electrons. The molecule has 3 aromatic carbocycles. The number of fused-ring (bicyclic) bond motifs is 1. The van der Waals surface area contributed by atoms with Crippen molar-refractivity contribution in [3.8, 4) is 12.1 Å². The van der Waals surface area contributed by atoms with Gasteiger partial charge in [-0.25, -0.2) is 4.68 Å². The van der Waals surface area contributed by atoms with E-state index >= 15 is 0 Å². The van der Waals surface area contributed by atoms with Crippen LogP contribution in [0.1, 0.15) is 68.1 Å². The summed E-state index contributed by atoms with van der Waals surface area (Å²) in [6.45, 7) is 8.76. The fourth-order valence-corrected chi connectivity index (χ4v) is 6.56. The van der Waals surface area contributed by atoms with E-state index in [0.29, 0.717) is 54.2 Å². The van der Waals surface area contributed by atoms with Crippen molar-refractivity contribution in [2.75, 3.05) is 23.7 Å². The number of nitrogens with zero attached hydrogens (tertiary/aromatic N) is 7. The Morgan fingerprint density at radius 1 is 0.894 bits per heavy atom. The Morgan fingerprint density at radius 3 is 2.26 bits per heavy atom. The average Bonchev–Trinajstić information content (AvgIpc) is 3.54. The highest BCUT2D eigenvalue weighted by molar-refractivity contribution is 6.36. The molecular formula is C35H32Cl3N9. The van der Waals surface area contributed by atoms with E-state index < -0.39 is 0 Å². The van der Waals surface area contributed by atoms with Crippen LogP contribution < -0.4 is 10.6 Å². The zero-order chi connectivity index (χ0) is 33.3. The van der Waals surface area contributed by atoms with Gasteiger partial charge in [0.15, 0.2) is 0 Å². The Kier molecular flexibility index (Phi) is 9.27. The summed E-state index contributed by atoms with van der Waals surface area (Å²) in [5.41, 5.74) is 4.83. The number of hydrogen-bond donors (Lipinski definition) is 2. The molecule has 1 saturated heterocycles. The molecule has 0 saturated carbocycles. The molecule has 2 N–H and O–H groups in total. The largest absolute Gasteiger partial charge is 0.373 e. The second-order valence-corrected chi connectivity index (χ2v) is 13.8. The van der Waals surface area contributed by atoms with Gasteiger partial charge in [0.25, 0.3) is 0 Å². The number of nitrogens with one attached hydrogen (secondary N) is 2. The monoisotopic (exact) mass is 683 g/mol. The summed E-state index contributed by atoms with van der Waals surface area (Å²) in [7, 11) is 0. The van der Waals surface area contributed by atoms with Gasteiger partial charge in [-0.3, -0.25) is 9.88 Å². The number of piperidine rings is 1. The molecule has 5 aromatic rings.